The molecule has 0 saturated carbocycles. The minimum Gasteiger partial charge on any atom is -0.292 e. The minimum absolute atomic E-state index is 0. The first-order valence-corrected chi connectivity index (χ1v) is 9.07. The summed E-state index contributed by atoms with van der Waals surface area (Å²) in [5.41, 5.74) is 2.13. The molecule has 1 heteroatoms. The molecule has 0 saturated heterocycles. The van der Waals surface area contributed by atoms with Crippen molar-refractivity contribution in [2.45, 2.75) is 62.8 Å². The molecule has 0 fully saturated rings. The predicted molar refractivity (Wildman–Crippen MR) is 123 cm³/mol. The molecule has 26 heavy (non-hydrogen) atoms. The molecule has 0 nitrogen and oxygen atoms in total. The SMILES string of the molecule is C.CC.CC.CC.CC.[CH-]=Cc1ccccc1.[CH-]=Cc1ccccc1.[Y]. The van der Waals surface area contributed by atoms with Crippen LogP contribution in [0.3, 0.4) is 0 Å². The van der Waals surface area contributed by atoms with Crippen molar-refractivity contribution in [2.75, 3.05) is 0 Å². The third-order valence-corrected chi connectivity index (χ3v) is 1.98. The predicted octanol–water partition coefficient (Wildman–Crippen LogP) is 9.00. The maximum atomic E-state index is 5.22. The van der Waals surface area contributed by atoms with Gasteiger partial charge in [0.05, 0.1) is 0 Å². The smallest absolute Gasteiger partial charge is 0 e. The second-order valence-electron chi connectivity index (χ2n) is 3.15. The van der Waals surface area contributed by atoms with Gasteiger partial charge in [0.15, 0.2) is 0 Å². The molecule has 0 aliphatic carbocycles. The van der Waals surface area contributed by atoms with Crippen LogP contribution in [0.15, 0.2) is 60.7 Å². The van der Waals surface area contributed by atoms with E-state index in [9.17, 15) is 0 Å². The van der Waals surface area contributed by atoms with Crippen molar-refractivity contribution < 1.29 is 32.7 Å². The zero-order valence-corrected chi connectivity index (χ0v) is 20.5. The summed E-state index contributed by atoms with van der Waals surface area (Å²) in [6.07, 6.45) is 3.17. The van der Waals surface area contributed by atoms with E-state index in [1.54, 1.807) is 12.2 Å². The summed E-state index contributed by atoms with van der Waals surface area (Å²) < 4.78 is 0. The van der Waals surface area contributed by atoms with E-state index >= 15 is 0 Å². The molecule has 147 valence electrons. The molecule has 2 rings (SSSR count). The normalized spacial score (nSPS) is 6.15. The molecule has 0 spiro atoms. The molecule has 0 aliphatic rings. The fourth-order valence-corrected chi connectivity index (χ4v) is 1.13. The van der Waals surface area contributed by atoms with Gasteiger partial charge in [-0.1, -0.05) is 99.2 Å². The van der Waals surface area contributed by atoms with Gasteiger partial charge in [-0.25, -0.2) is 12.2 Å². The van der Waals surface area contributed by atoms with Gasteiger partial charge in [0.25, 0.3) is 0 Å². The topological polar surface area (TPSA) is 0 Å². The average Bonchev–Trinajstić information content (AvgIpc) is 2.75. The summed E-state index contributed by atoms with van der Waals surface area (Å²) in [4.78, 5) is 0. The Labute approximate surface area is 191 Å². The fraction of sp³-hybridized carbons (Fsp3) is 0.360. The molecule has 2 aromatic rings. The summed E-state index contributed by atoms with van der Waals surface area (Å²) in [5.74, 6) is 0. The van der Waals surface area contributed by atoms with Crippen LogP contribution >= 0.6 is 0 Å². The molecule has 0 heterocycles. The van der Waals surface area contributed by atoms with E-state index < -0.39 is 0 Å². The molecule has 2 aromatic carbocycles. The van der Waals surface area contributed by atoms with Gasteiger partial charge in [-0.2, -0.15) is 11.1 Å². The van der Waals surface area contributed by atoms with Gasteiger partial charge in [-0.05, 0) is 0 Å². The molecule has 0 amide bonds. The van der Waals surface area contributed by atoms with E-state index in [0.717, 1.165) is 11.1 Å². The van der Waals surface area contributed by atoms with Crippen LogP contribution in [0.2, 0.25) is 0 Å². The van der Waals surface area contributed by atoms with Gasteiger partial charge in [-0.15, -0.1) is 24.3 Å². The van der Waals surface area contributed by atoms with Crippen molar-refractivity contribution in [3.63, 3.8) is 0 Å². The van der Waals surface area contributed by atoms with Crippen molar-refractivity contribution in [1.29, 1.82) is 0 Å². The second kappa shape index (κ2) is 43.9. The van der Waals surface area contributed by atoms with Gasteiger partial charge < -0.3 is 0 Å². The maximum absolute atomic E-state index is 5.22. The van der Waals surface area contributed by atoms with Gasteiger partial charge in [0.1, 0.15) is 0 Å². The Hall–Kier alpha value is -0.976. The Balaban J connectivity index is -0.0000000528. The Morgan fingerprint density at radius 1 is 0.500 bits per heavy atom. The number of benzene rings is 2. The fourth-order valence-electron chi connectivity index (χ4n) is 1.13. The van der Waals surface area contributed by atoms with E-state index in [4.69, 9.17) is 13.2 Å². The van der Waals surface area contributed by atoms with E-state index in [1.165, 1.54) is 0 Å². The van der Waals surface area contributed by atoms with Crippen LogP contribution in [0.25, 0.3) is 12.2 Å². The monoisotopic (exact) mass is 431 g/mol. The molecular weight excluding hydrogens is 389 g/mol. The van der Waals surface area contributed by atoms with Gasteiger partial charge in [0.2, 0.25) is 0 Å². The molecule has 0 aromatic heterocycles. The van der Waals surface area contributed by atoms with Crippen molar-refractivity contribution in [3.8, 4) is 0 Å². The van der Waals surface area contributed by atoms with Crippen molar-refractivity contribution in [2.24, 2.45) is 0 Å². The van der Waals surface area contributed by atoms with Gasteiger partial charge >= 0.3 is 0 Å². The van der Waals surface area contributed by atoms with Crippen LogP contribution in [-0.2, 0) is 32.7 Å². The third-order valence-electron chi connectivity index (χ3n) is 1.98. The number of rotatable bonds is 2. The largest absolute Gasteiger partial charge is 0.292 e. The van der Waals surface area contributed by atoms with E-state index in [1.807, 2.05) is 116 Å². The van der Waals surface area contributed by atoms with Crippen LogP contribution in [0.4, 0.5) is 0 Å². The first kappa shape index (κ1) is 39.9. The molecular formula is C25H42Y-2. The van der Waals surface area contributed by atoms with Crippen LogP contribution in [-0.4, -0.2) is 0 Å². The standard InChI is InChI=1S/2C8H7.4C2H6.CH4.Y/c2*1-2-8-6-4-3-5-7-8;4*1-2;;/h2*1-7H;4*1-2H3;1H4;/q2*-1;;;;;;. The minimum atomic E-state index is 0. The number of hydrogen-bond acceptors (Lipinski definition) is 0. The van der Waals surface area contributed by atoms with Crippen molar-refractivity contribution in [3.05, 3.63) is 84.9 Å². The Morgan fingerprint density at radius 3 is 0.808 bits per heavy atom. The van der Waals surface area contributed by atoms with Gasteiger partial charge in [-0.3, -0.25) is 13.2 Å². The zero-order valence-electron chi connectivity index (χ0n) is 17.7. The van der Waals surface area contributed by atoms with Crippen LogP contribution in [0.5, 0.6) is 0 Å². The van der Waals surface area contributed by atoms with E-state index in [-0.39, 0.29) is 40.1 Å². The Kier molecular flexibility index (Phi) is 67.4. The quantitative estimate of drug-likeness (QED) is 0.416. The molecule has 0 unspecified atom stereocenters. The second-order valence-corrected chi connectivity index (χ2v) is 3.15. The van der Waals surface area contributed by atoms with E-state index in [0.29, 0.717) is 0 Å². The van der Waals surface area contributed by atoms with Crippen LogP contribution < -0.4 is 0 Å². The molecule has 0 N–H and O–H groups in total. The summed E-state index contributed by atoms with van der Waals surface area (Å²) in [6.45, 7) is 26.4. The summed E-state index contributed by atoms with van der Waals surface area (Å²) in [6, 6.07) is 19.6. The number of hydrogen-bond donors (Lipinski definition) is 0. The third kappa shape index (κ3) is 30.9. The first-order valence-electron chi connectivity index (χ1n) is 9.07. The Bertz CT molecular complexity index is 375. The van der Waals surface area contributed by atoms with Crippen molar-refractivity contribution >= 4 is 12.2 Å². The zero-order chi connectivity index (χ0) is 19.6. The van der Waals surface area contributed by atoms with Gasteiger partial charge in [0, 0.05) is 32.7 Å². The average molecular weight is 432 g/mol. The summed E-state index contributed by atoms with van der Waals surface area (Å²) in [7, 11) is 0. The molecule has 0 atom stereocenters. The molecule has 1 radical (unpaired) electrons. The summed E-state index contributed by atoms with van der Waals surface area (Å²) >= 11 is 0. The van der Waals surface area contributed by atoms with Crippen molar-refractivity contribution in [1.82, 2.24) is 0 Å². The Morgan fingerprint density at radius 2 is 0.692 bits per heavy atom. The van der Waals surface area contributed by atoms with Crippen LogP contribution in [0, 0.1) is 13.2 Å². The maximum Gasteiger partial charge on any atom is 0 e. The van der Waals surface area contributed by atoms with E-state index in [2.05, 4.69) is 0 Å². The summed E-state index contributed by atoms with van der Waals surface area (Å²) in [5, 5.41) is 0. The van der Waals surface area contributed by atoms with Crippen LogP contribution in [0.1, 0.15) is 73.9 Å². The first-order chi connectivity index (χ1) is 11.9. The molecule has 0 bridgehead atoms. The molecule has 0 aliphatic heterocycles.